The van der Waals surface area contributed by atoms with Gasteiger partial charge in [-0.1, -0.05) is 66.2 Å². The average molecular weight is 436 g/mol. The van der Waals surface area contributed by atoms with E-state index < -0.39 is 0 Å². The van der Waals surface area contributed by atoms with Crippen LogP contribution < -0.4 is 5.56 Å². The van der Waals surface area contributed by atoms with Gasteiger partial charge in [-0.2, -0.15) is 5.10 Å². The number of pyridine rings is 1. The van der Waals surface area contributed by atoms with E-state index in [1.807, 2.05) is 80.6 Å². The number of H-pyrrole nitrogens is 1. The Hall–Kier alpha value is -3.99. The number of nitrogens with one attached hydrogen (secondary N) is 1. The van der Waals surface area contributed by atoms with Gasteiger partial charge in [0.15, 0.2) is 0 Å². The standard InChI is InChI=1S/C28H25N3O2/c1-17-13-14-23-22(15-17)26(20-10-5-4-6-11-20)27(28(33)29-23)24-16-25(31(30-24)19(3)32)21-12-8-7-9-18(21)2/h4-15,25H,16H2,1-3H3,(H,29,33). The van der Waals surface area contributed by atoms with Gasteiger partial charge in [-0.25, -0.2) is 5.01 Å². The summed E-state index contributed by atoms with van der Waals surface area (Å²) in [6.45, 7) is 5.59. The molecule has 0 spiro atoms. The third kappa shape index (κ3) is 3.65. The summed E-state index contributed by atoms with van der Waals surface area (Å²) in [5.41, 5.74) is 6.79. The summed E-state index contributed by atoms with van der Waals surface area (Å²) >= 11 is 0. The second-order valence-corrected chi connectivity index (χ2v) is 8.61. The quantitative estimate of drug-likeness (QED) is 0.461. The lowest BCUT2D eigenvalue weighted by Gasteiger charge is -2.22. The molecule has 4 aromatic rings. The minimum atomic E-state index is -0.241. The lowest BCUT2D eigenvalue weighted by atomic mass is 9.90. The Morgan fingerprint density at radius 2 is 1.70 bits per heavy atom. The molecule has 0 aliphatic carbocycles. The Morgan fingerprint density at radius 1 is 0.970 bits per heavy atom. The number of nitrogens with zero attached hydrogens (tertiary/aromatic N) is 2. The fraction of sp³-hybridized carbons (Fsp3) is 0.179. The monoisotopic (exact) mass is 435 g/mol. The highest BCUT2D eigenvalue weighted by Gasteiger charge is 2.34. The molecule has 1 N–H and O–H groups in total. The number of hydrazone groups is 1. The Labute approximate surface area is 192 Å². The molecule has 33 heavy (non-hydrogen) atoms. The van der Waals surface area contributed by atoms with Gasteiger partial charge in [-0.05, 0) is 42.7 Å². The van der Waals surface area contributed by atoms with Gasteiger partial charge in [0.05, 0.1) is 17.3 Å². The minimum Gasteiger partial charge on any atom is -0.321 e. The lowest BCUT2D eigenvalue weighted by Crippen LogP contribution is -2.24. The molecule has 0 fully saturated rings. The molecule has 1 aliphatic rings. The molecule has 164 valence electrons. The molecule has 0 radical (unpaired) electrons. The molecule has 0 bridgehead atoms. The number of hydrogen-bond donors (Lipinski definition) is 1. The van der Waals surface area contributed by atoms with Crippen molar-refractivity contribution in [2.75, 3.05) is 0 Å². The van der Waals surface area contributed by atoms with Gasteiger partial charge in [0.2, 0.25) is 5.91 Å². The van der Waals surface area contributed by atoms with Crippen molar-refractivity contribution in [3.05, 3.63) is 105 Å². The normalized spacial score (nSPS) is 15.7. The van der Waals surface area contributed by atoms with E-state index in [2.05, 4.69) is 11.1 Å². The van der Waals surface area contributed by atoms with Gasteiger partial charge in [-0.15, -0.1) is 0 Å². The maximum absolute atomic E-state index is 13.4. The number of carbonyl (C=O) groups excluding carboxylic acids is 1. The first-order valence-corrected chi connectivity index (χ1v) is 11.1. The number of fused-ring (bicyclic) bond motifs is 1. The SMILES string of the molecule is CC(=O)N1N=C(c2c(-c3ccccc3)c3cc(C)ccc3[nH]c2=O)CC1c1ccccc1C. The molecule has 5 nitrogen and oxygen atoms in total. The van der Waals surface area contributed by atoms with Crippen LogP contribution in [-0.4, -0.2) is 21.6 Å². The topological polar surface area (TPSA) is 65.5 Å². The zero-order chi connectivity index (χ0) is 23.1. The predicted molar refractivity (Wildman–Crippen MR) is 132 cm³/mol. The molecule has 1 amide bonds. The number of carbonyl (C=O) groups is 1. The first-order chi connectivity index (χ1) is 15.9. The average Bonchev–Trinajstić information content (AvgIpc) is 3.24. The van der Waals surface area contributed by atoms with Crippen LogP contribution in [0.1, 0.15) is 41.6 Å². The summed E-state index contributed by atoms with van der Waals surface area (Å²) in [6.07, 6.45) is 0.477. The van der Waals surface area contributed by atoms with Crippen molar-refractivity contribution in [3.8, 4) is 11.1 Å². The summed E-state index contributed by atoms with van der Waals surface area (Å²) in [7, 11) is 0. The van der Waals surface area contributed by atoms with Crippen LogP contribution >= 0.6 is 0 Å². The van der Waals surface area contributed by atoms with Crippen LogP contribution in [0.4, 0.5) is 0 Å². The minimum absolute atomic E-state index is 0.146. The van der Waals surface area contributed by atoms with Crippen molar-refractivity contribution in [3.63, 3.8) is 0 Å². The summed E-state index contributed by atoms with van der Waals surface area (Å²) < 4.78 is 0. The van der Waals surface area contributed by atoms with Crippen LogP contribution in [0.25, 0.3) is 22.0 Å². The highest BCUT2D eigenvalue weighted by atomic mass is 16.2. The van der Waals surface area contributed by atoms with Gasteiger partial charge >= 0.3 is 0 Å². The zero-order valence-electron chi connectivity index (χ0n) is 18.9. The Bertz CT molecular complexity index is 1470. The zero-order valence-corrected chi connectivity index (χ0v) is 18.9. The largest absolute Gasteiger partial charge is 0.321 e. The van der Waals surface area contributed by atoms with E-state index in [0.717, 1.165) is 38.7 Å². The van der Waals surface area contributed by atoms with E-state index in [1.54, 1.807) is 0 Å². The van der Waals surface area contributed by atoms with Crippen molar-refractivity contribution in [2.24, 2.45) is 5.10 Å². The van der Waals surface area contributed by atoms with E-state index >= 15 is 0 Å². The number of aromatic amines is 1. The lowest BCUT2D eigenvalue weighted by molar-refractivity contribution is -0.130. The molecule has 1 aliphatic heterocycles. The molecule has 0 saturated carbocycles. The number of rotatable bonds is 3. The number of aromatic nitrogens is 1. The van der Waals surface area contributed by atoms with Gasteiger partial charge in [0.1, 0.15) is 0 Å². The second-order valence-electron chi connectivity index (χ2n) is 8.61. The predicted octanol–water partition coefficient (Wildman–Crippen LogP) is 5.51. The van der Waals surface area contributed by atoms with Crippen molar-refractivity contribution in [2.45, 2.75) is 33.2 Å². The van der Waals surface area contributed by atoms with E-state index in [1.165, 1.54) is 11.9 Å². The third-order valence-corrected chi connectivity index (χ3v) is 6.30. The van der Waals surface area contributed by atoms with Crippen molar-refractivity contribution in [1.29, 1.82) is 0 Å². The number of amides is 1. The number of benzene rings is 3. The van der Waals surface area contributed by atoms with Crippen LogP contribution in [0.15, 0.2) is 82.7 Å². The molecule has 3 aromatic carbocycles. The molecule has 5 heteroatoms. The summed E-state index contributed by atoms with van der Waals surface area (Å²) in [5.74, 6) is -0.146. The first-order valence-electron chi connectivity index (χ1n) is 11.1. The molecular formula is C28H25N3O2. The molecule has 1 atom stereocenters. The number of hydrogen-bond acceptors (Lipinski definition) is 3. The van der Waals surface area contributed by atoms with Crippen molar-refractivity contribution in [1.82, 2.24) is 9.99 Å². The summed E-state index contributed by atoms with van der Waals surface area (Å²) in [6, 6.07) is 23.7. The molecule has 1 unspecified atom stereocenters. The fourth-order valence-electron chi connectivity index (χ4n) is 4.74. The highest BCUT2D eigenvalue weighted by molar-refractivity contribution is 6.12. The van der Waals surface area contributed by atoms with Crippen LogP contribution in [0.5, 0.6) is 0 Å². The maximum Gasteiger partial charge on any atom is 0.258 e. The van der Waals surface area contributed by atoms with E-state index in [4.69, 9.17) is 5.10 Å². The number of aryl methyl sites for hydroxylation is 2. The fourth-order valence-corrected chi connectivity index (χ4v) is 4.74. The molecular weight excluding hydrogens is 410 g/mol. The van der Waals surface area contributed by atoms with Gasteiger partial charge in [0, 0.05) is 29.8 Å². The first kappa shape index (κ1) is 20.9. The molecule has 2 heterocycles. The third-order valence-electron chi connectivity index (χ3n) is 6.30. The summed E-state index contributed by atoms with van der Waals surface area (Å²) in [4.78, 5) is 29.0. The van der Waals surface area contributed by atoms with Gasteiger partial charge in [0.25, 0.3) is 5.56 Å². The van der Waals surface area contributed by atoms with Crippen molar-refractivity contribution >= 4 is 22.5 Å². The van der Waals surface area contributed by atoms with E-state index in [0.29, 0.717) is 17.7 Å². The Morgan fingerprint density at radius 3 is 2.42 bits per heavy atom. The van der Waals surface area contributed by atoms with E-state index in [9.17, 15) is 9.59 Å². The Balaban J connectivity index is 1.76. The maximum atomic E-state index is 13.4. The molecule has 0 saturated heterocycles. The van der Waals surface area contributed by atoms with E-state index in [-0.39, 0.29) is 17.5 Å². The van der Waals surface area contributed by atoms with Crippen LogP contribution in [-0.2, 0) is 4.79 Å². The van der Waals surface area contributed by atoms with Gasteiger partial charge < -0.3 is 4.98 Å². The molecule has 5 rings (SSSR count). The molecule has 1 aromatic heterocycles. The Kier molecular flexibility index (Phi) is 5.17. The summed E-state index contributed by atoms with van der Waals surface area (Å²) in [5, 5.41) is 7.20. The smallest absolute Gasteiger partial charge is 0.258 e. The van der Waals surface area contributed by atoms with Crippen LogP contribution in [0, 0.1) is 13.8 Å². The van der Waals surface area contributed by atoms with Gasteiger partial charge in [-0.3, -0.25) is 9.59 Å². The van der Waals surface area contributed by atoms with Crippen LogP contribution in [0.2, 0.25) is 0 Å². The van der Waals surface area contributed by atoms with Crippen molar-refractivity contribution < 1.29 is 4.79 Å². The highest BCUT2D eigenvalue weighted by Crippen LogP contribution is 2.37. The second kappa shape index (κ2) is 8.17. The van der Waals surface area contributed by atoms with Crippen LogP contribution in [0.3, 0.4) is 0 Å².